The summed E-state index contributed by atoms with van der Waals surface area (Å²) in [6, 6.07) is 0. The van der Waals surface area contributed by atoms with Gasteiger partial charge in [-0.25, -0.2) is 0 Å². The molecule has 0 rings (SSSR count). The second-order valence-electron chi connectivity index (χ2n) is 6.13. The standard InChI is InChI=1S/C18H40N2/c1-2-3-4-5-6-7-8-9-10-11-12-13-14-15-17-20-18-16-19/h20H,2-19H2,1H3. The lowest BCUT2D eigenvalue weighted by atomic mass is 10.0. The van der Waals surface area contributed by atoms with Crippen molar-refractivity contribution in [3.05, 3.63) is 0 Å². The first-order valence-corrected chi connectivity index (χ1v) is 9.32. The molecule has 20 heavy (non-hydrogen) atoms. The van der Waals surface area contributed by atoms with E-state index < -0.39 is 0 Å². The Morgan fingerprint density at radius 2 is 0.950 bits per heavy atom. The first-order chi connectivity index (χ1) is 9.91. The Morgan fingerprint density at radius 3 is 1.35 bits per heavy atom. The van der Waals surface area contributed by atoms with Gasteiger partial charge in [-0.05, 0) is 13.0 Å². The predicted octanol–water partition coefficient (Wildman–Crippen LogP) is 5.02. The van der Waals surface area contributed by atoms with E-state index in [4.69, 9.17) is 5.73 Å². The van der Waals surface area contributed by atoms with Crippen LogP contribution in [0.1, 0.15) is 96.8 Å². The molecule has 0 saturated carbocycles. The molecule has 0 aromatic carbocycles. The molecular weight excluding hydrogens is 244 g/mol. The van der Waals surface area contributed by atoms with Crippen molar-refractivity contribution in [2.75, 3.05) is 19.6 Å². The molecule has 0 atom stereocenters. The topological polar surface area (TPSA) is 38.0 Å². The van der Waals surface area contributed by atoms with Gasteiger partial charge in [0.05, 0.1) is 0 Å². The average Bonchev–Trinajstić information content (AvgIpc) is 2.47. The minimum Gasteiger partial charge on any atom is -0.329 e. The Hall–Kier alpha value is -0.0800. The Balaban J connectivity index is 2.89. The van der Waals surface area contributed by atoms with E-state index in [1.807, 2.05) is 0 Å². The lowest BCUT2D eigenvalue weighted by Gasteiger charge is -2.04. The van der Waals surface area contributed by atoms with Crippen LogP contribution in [0.5, 0.6) is 0 Å². The minimum atomic E-state index is 0.763. The molecule has 0 aliphatic rings. The predicted molar refractivity (Wildman–Crippen MR) is 92.2 cm³/mol. The highest BCUT2D eigenvalue weighted by Gasteiger charge is 1.94. The van der Waals surface area contributed by atoms with Crippen LogP contribution in [-0.2, 0) is 0 Å². The van der Waals surface area contributed by atoms with E-state index in [9.17, 15) is 0 Å². The summed E-state index contributed by atoms with van der Waals surface area (Å²) in [6.07, 6.45) is 20.1. The maximum absolute atomic E-state index is 5.43. The second-order valence-corrected chi connectivity index (χ2v) is 6.13. The third kappa shape index (κ3) is 17.9. The largest absolute Gasteiger partial charge is 0.329 e. The van der Waals surface area contributed by atoms with Gasteiger partial charge in [-0.3, -0.25) is 0 Å². The van der Waals surface area contributed by atoms with Crippen LogP contribution in [-0.4, -0.2) is 19.6 Å². The Bertz CT molecular complexity index is 141. The average molecular weight is 285 g/mol. The van der Waals surface area contributed by atoms with Crippen LogP contribution in [0.15, 0.2) is 0 Å². The van der Waals surface area contributed by atoms with Crippen molar-refractivity contribution in [1.29, 1.82) is 0 Å². The van der Waals surface area contributed by atoms with Crippen molar-refractivity contribution in [3.63, 3.8) is 0 Å². The first-order valence-electron chi connectivity index (χ1n) is 9.32. The normalized spacial score (nSPS) is 11.1. The molecule has 3 N–H and O–H groups in total. The molecule has 2 nitrogen and oxygen atoms in total. The second kappa shape index (κ2) is 18.9. The molecule has 0 radical (unpaired) electrons. The van der Waals surface area contributed by atoms with Crippen LogP contribution < -0.4 is 11.1 Å². The number of unbranched alkanes of at least 4 members (excludes halogenated alkanes) is 13. The fourth-order valence-electron chi connectivity index (χ4n) is 2.67. The summed E-state index contributed by atoms with van der Waals surface area (Å²) in [5.41, 5.74) is 5.43. The lowest BCUT2D eigenvalue weighted by molar-refractivity contribution is 0.530. The molecule has 0 bridgehead atoms. The number of rotatable bonds is 17. The highest BCUT2D eigenvalue weighted by Crippen LogP contribution is 2.12. The van der Waals surface area contributed by atoms with Crippen molar-refractivity contribution in [1.82, 2.24) is 5.32 Å². The third-order valence-electron chi connectivity index (χ3n) is 4.03. The zero-order chi connectivity index (χ0) is 14.7. The van der Waals surface area contributed by atoms with Gasteiger partial charge in [0.2, 0.25) is 0 Å². The summed E-state index contributed by atoms with van der Waals surface area (Å²) in [6.45, 7) is 5.17. The van der Waals surface area contributed by atoms with Crippen LogP contribution in [0.4, 0.5) is 0 Å². The Kier molecular flexibility index (Phi) is 18.8. The third-order valence-corrected chi connectivity index (χ3v) is 4.03. The summed E-state index contributed by atoms with van der Waals surface area (Å²) in [7, 11) is 0. The number of hydrogen-bond donors (Lipinski definition) is 2. The van der Waals surface area contributed by atoms with Crippen molar-refractivity contribution in [2.24, 2.45) is 5.73 Å². The van der Waals surface area contributed by atoms with Crippen LogP contribution in [0.2, 0.25) is 0 Å². The Morgan fingerprint density at radius 1 is 0.550 bits per heavy atom. The fraction of sp³-hybridized carbons (Fsp3) is 1.00. The zero-order valence-electron chi connectivity index (χ0n) is 14.1. The molecule has 122 valence electrons. The van der Waals surface area contributed by atoms with Gasteiger partial charge in [0.1, 0.15) is 0 Å². The molecule has 0 aromatic rings. The van der Waals surface area contributed by atoms with Crippen molar-refractivity contribution >= 4 is 0 Å². The highest BCUT2D eigenvalue weighted by atomic mass is 14.9. The number of nitrogens with one attached hydrogen (secondary N) is 1. The van der Waals surface area contributed by atoms with Gasteiger partial charge < -0.3 is 11.1 Å². The monoisotopic (exact) mass is 284 g/mol. The van der Waals surface area contributed by atoms with Crippen molar-refractivity contribution < 1.29 is 0 Å². The maximum Gasteiger partial charge on any atom is 0.00745 e. The van der Waals surface area contributed by atoms with Crippen LogP contribution in [0.25, 0.3) is 0 Å². The fourth-order valence-corrected chi connectivity index (χ4v) is 2.67. The summed E-state index contributed by atoms with van der Waals surface area (Å²) in [5.74, 6) is 0. The smallest absolute Gasteiger partial charge is 0.00745 e. The van der Waals surface area contributed by atoms with Crippen molar-refractivity contribution in [2.45, 2.75) is 96.8 Å². The van der Waals surface area contributed by atoms with Gasteiger partial charge in [0.25, 0.3) is 0 Å². The Labute approximate surface area is 128 Å². The molecule has 0 saturated heterocycles. The SMILES string of the molecule is CCCCCCCCCCCCCCCCNCCN. The highest BCUT2D eigenvalue weighted by molar-refractivity contribution is 4.51. The van der Waals surface area contributed by atoms with E-state index in [2.05, 4.69) is 12.2 Å². The molecule has 0 amide bonds. The molecule has 0 heterocycles. The van der Waals surface area contributed by atoms with Gasteiger partial charge in [0.15, 0.2) is 0 Å². The quantitative estimate of drug-likeness (QED) is 0.368. The summed E-state index contributed by atoms with van der Waals surface area (Å²) < 4.78 is 0. The van der Waals surface area contributed by atoms with E-state index >= 15 is 0 Å². The first kappa shape index (κ1) is 19.9. The molecule has 0 fully saturated rings. The van der Waals surface area contributed by atoms with Crippen LogP contribution in [0.3, 0.4) is 0 Å². The molecular formula is C18H40N2. The van der Waals surface area contributed by atoms with Gasteiger partial charge in [0, 0.05) is 13.1 Å². The van der Waals surface area contributed by atoms with Gasteiger partial charge in [-0.15, -0.1) is 0 Å². The maximum atomic E-state index is 5.43. The lowest BCUT2D eigenvalue weighted by Crippen LogP contribution is -2.23. The van der Waals surface area contributed by atoms with Crippen molar-refractivity contribution in [3.8, 4) is 0 Å². The van der Waals surface area contributed by atoms with Gasteiger partial charge >= 0.3 is 0 Å². The van der Waals surface area contributed by atoms with Gasteiger partial charge in [-0.1, -0.05) is 90.4 Å². The van der Waals surface area contributed by atoms with Crippen LogP contribution in [0, 0.1) is 0 Å². The molecule has 0 aliphatic heterocycles. The van der Waals surface area contributed by atoms with E-state index in [-0.39, 0.29) is 0 Å². The zero-order valence-corrected chi connectivity index (χ0v) is 14.1. The van der Waals surface area contributed by atoms with E-state index in [0.29, 0.717) is 0 Å². The minimum absolute atomic E-state index is 0.763. The van der Waals surface area contributed by atoms with E-state index in [0.717, 1.165) is 19.6 Å². The van der Waals surface area contributed by atoms with Gasteiger partial charge in [-0.2, -0.15) is 0 Å². The molecule has 0 aromatic heterocycles. The molecule has 0 unspecified atom stereocenters. The number of nitrogens with two attached hydrogens (primary N) is 1. The molecule has 2 heteroatoms. The summed E-state index contributed by atoms with van der Waals surface area (Å²) in [5, 5.41) is 3.35. The van der Waals surface area contributed by atoms with E-state index in [1.165, 1.54) is 89.9 Å². The van der Waals surface area contributed by atoms with Crippen LogP contribution >= 0.6 is 0 Å². The molecule has 0 spiro atoms. The number of hydrogen-bond acceptors (Lipinski definition) is 2. The molecule has 0 aliphatic carbocycles. The summed E-state index contributed by atoms with van der Waals surface area (Å²) >= 11 is 0. The van der Waals surface area contributed by atoms with E-state index in [1.54, 1.807) is 0 Å². The summed E-state index contributed by atoms with van der Waals surface area (Å²) in [4.78, 5) is 0.